The summed E-state index contributed by atoms with van der Waals surface area (Å²) in [6, 6.07) is 10.2. The topological polar surface area (TPSA) is 62.9 Å². The first-order valence-corrected chi connectivity index (χ1v) is 7.12. The average Bonchev–Trinajstić information content (AvgIpc) is 2.50. The minimum atomic E-state index is 0.392. The third-order valence-corrected chi connectivity index (χ3v) is 3.31. The van der Waals surface area contributed by atoms with Crippen molar-refractivity contribution >= 4 is 11.6 Å². The Kier molecular flexibility index (Phi) is 7.69. The zero-order chi connectivity index (χ0) is 14.8. The van der Waals surface area contributed by atoms with E-state index in [1.807, 2.05) is 30.3 Å². The van der Waals surface area contributed by atoms with Crippen LogP contribution in [0.5, 0.6) is 0 Å². The number of nitrogens with one attached hydrogen (secondary N) is 1. The molecule has 0 fully saturated rings. The van der Waals surface area contributed by atoms with E-state index >= 15 is 0 Å². The van der Waals surface area contributed by atoms with Crippen LogP contribution in [0.4, 0.5) is 5.69 Å². The van der Waals surface area contributed by atoms with Gasteiger partial charge in [0.05, 0.1) is 12.3 Å². The van der Waals surface area contributed by atoms with E-state index in [0.29, 0.717) is 18.6 Å². The Bertz CT molecular complexity index is 390. The van der Waals surface area contributed by atoms with Crippen LogP contribution in [0.3, 0.4) is 0 Å². The number of guanidine groups is 1. The number of aliphatic imine (C=N–C) groups is 1. The number of methoxy groups -OCH3 is 1. The quantitative estimate of drug-likeness (QED) is 0.348. The normalized spacial score (nSPS) is 11.8. The fraction of sp³-hybridized carbons (Fsp3) is 0.533. The number of para-hydroxylation sites is 1. The van der Waals surface area contributed by atoms with E-state index in [4.69, 9.17) is 10.6 Å². The van der Waals surface area contributed by atoms with Crippen LogP contribution in [0, 0.1) is 0 Å². The first kappa shape index (κ1) is 16.5. The summed E-state index contributed by atoms with van der Waals surface area (Å²) >= 11 is 0. The van der Waals surface area contributed by atoms with Crippen LogP contribution in [0.2, 0.25) is 0 Å². The van der Waals surface area contributed by atoms with Gasteiger partial charge in [-0.2, -0.15) is 0 Å². The van der Waals surface area contributed by atoms with Crippen LogP contribution in [0.1, 0.15) is 26.7 Å². The van der Waals surface area contributed by atoms with Crippen molar-refractivity contribution in [2.45, 2.75) is 32.7 Å². The molecule has 1 aromatic rings. The van der Waals surface area contributed by atoms with Crippen molar-refractivity contribution in [2.24, 2.45) is 10.8 Å². The van der Waals surface area contributed by atoms with E-state index in [1.165, 1.54) is 0 Å². The van der Waals surface area contributed by atoms with E-state index in [0.717, 1.165) is 25.1 Å². The molecule has 0 saturated carbocycles. The standard InChI is InChI=1S/C15H26N4O/c1-4-14(5-2)19(11-12-20-3)15(18-16)17-13-9-7-6-8-10-13/h6-10,14H,4-5,11-12,16H2,1-3H3,(H,17,18). The molecular formula is C15H26N4O. The predicted octanol–water partition coefficient (Wildman–Crippen LogP) is 2.27. The van der Waals surface area contributed by atoms with E-state index in [2.05, 4.69) is 29.2 Å². The van der Waals surface area contributed by atoms with Crippen LogP contribution in [0.25, 0.3) is 0 Å². The molecule has 0 aliphatic heterocycles. The van der Waals surface area contributed by atoms with Crippen molar-refractivity contribution in [3.05, 3.63) is 30.3 Å². The van der Waals surface area contributed by atoms with Gasteiger partial charge in [-0.3, -0.25) is 5.43 Å². The minimum absolute atomic E-state index is 0.392. The molecule has 5 nitrogen and oxygen atoms in total. The molecule has 0 aromatic heterocycles. The summed E-state index contributed by atoms with van der Waals surface area (Å²) in [7, 11) is 1.70. The molecule has 0 bridgehead atoms. The summed E-state index contributed by atoms with van der Waals surface area (Å²) in [6.07, 6.45) is 2.07. The summed E-state index contributed by atoms with van der Waals surface area (Å²) in [6.45, 7) is 5.75. The van der Waals surface area contributed by atoms with Gasteiger partial charge < -0.3 is 9.64 Å². The summed E-state index contributed by atoms with van der Waals surface area (Å²) in [5.74, 6) is 6.36. The molecule has 0 atom stereocenters. The van der Waals surface area contributed by atoms with Gasteiger partial charge in [0.2, 0.25) is 5.96 Å². The van der Waals surface area contributed by atoms with Crippen molar-refractivity contribution in [2.75, 3.05) is 20.3 Å². The molecule has 0 amide bonds. The SMILES string of the molecule is CCC(CC)N(CCOC)C(=Nc1ccccc1)NN. The zero-order valence-corrected chi connectivity index (χ0v) is 12.7. The Balaban J connectivity index is 2.97. The third kappa shape index (κ3) is 4.83. The average molecular weight is 278 g/mol. The van der Waals surface area contributed by atoms with E-state index in [-0.39, 0.29) is 0 Å². The molecule has 1 aromatic carbocycles. The van der Waals surface area contributed by atoms with Crippen LogP contribution >= 0.6 is 0 Å². The maximum Gasteiger partial charge on any atom is 0.213 e. The lowest BCUT2D eigenvalue weighted by molar-refractivity contribution is 0.156. The fourth-order valence-corrected chi connectivity index (χ4v) is 2.18. The second kappa shape index (κ2) is 9.34. The van der Waals surface area contributed by atoms with Gasteiger partial charge in [-0.15, -0.1) is 0 Å². The maximum atomic E-state index is 5.68. The van der Waals surface area contributed by atoms with Crippen LogP contribution in [0.15, 0.2) is 35.3 Å². The highest BCUT2D eigenvalue weighted by atomic mass is 16.5. The molecule has 3 N–H and O–H groups in total. The van der Waals surface area contributed by atoms with Gasteiger partial charge in [-0.25, -0.2) is 10.8 Å². The summed E-state index contributed by atoms with van der Waals surface area (Å²) in [5.41, 5.74) is 3.61. The number of hydrogen-bond acceptors (Lipinski definition) is 3. The predicted molar refractivity (Wildman–Crippen MR) is 83.8 cm³/mol. The molecule has 0 heterocycles. The molecule has 0 aliphatic rings. The van der Waals surface area contributed by atoms with Crippen molar-refractivity contribution in [3.8, 4) is 0 Å². The highest BCUT2D eigenvalue weighted by Gasteiger charge is 2.18. The highest BCUT2D eigenvalue weighted by Crippen LogP contribution is 2.14. The molecular weight excluding hydrogens is 252 g/mol. The van der Waals surface area contributed by atoms with Crippen LogP contribution in [-0.4, -0.2) is 37.2 Å². The summed E-state index contributed by atoms with van der Waals surface area (Å²) in [5, 5.41) is 0. The molecule has 0 spiro atoms. The first-order chi connectivity index (χ1) is 9.76. The first-order valence-electron chi connectivity index (χ1n) is 7.12. The number of hydrogen-bond donors (Lipinski definition) is 2. The van der Waals surface area contributed by atoms with E-state index < -0.39 is 0 Å². The van der Waals surface area contributed by atoms with Crippen molar-refractivity contribution in [3.63, 3.8) is 0 Å². The highest BCUT2D eigenvalue weighted by molar-refractivity contribution is 5.82. The largest absolute Gasteiger partial charge is 0.383 e. The molecule has 0 saturated heterocycles. The third-order valence-electron chi connectivity index (χ3n) is 3.31. The monoisotopic (exact) mass is 278 g/mol. The maximum absolute atomic E-state index is 5.68. The number of ether oxygens (including phenoxy) is 1. The van der Waals surface area contributed by atoms with Gasteiger partial charge in [-0.1, -0.05) is 32.0 Å². The number of nitrogens with zero attached hydrogens (tertiary/aromatic N) is 2. The smallest absolute Gasteiger partial charge is 0.213 e. The summed E-state index contributed by atoms with van der Waals surface area (Å²) in [4.78, 5) is 6.78. The van der Waals surface area contributed by atoms with Crippen LogP contribution in [-0.2, 0) is 4.74 Å². The Morgan fingerprint density at radius 1 is 1.30 bits per heavy atom. The van der Waals surface area contributed by atoms with Gasteiger partial charge in [-0.05, 0) is 25.0 Å². The van der Waals surface area contributed by atoms with Gasteiger partial charge in [0.25, 0.3) is 0 Å². The second-order valence-electron chi connectivity index (χ2n) is 4.57. The minimum Gasteiger partial charge on any atom is -0.383 e. The zero-order valence-electron chi connectivity index (χ0n) is 12.7. The summed E-state index contributed by atoms with van der Waals surface area (Å²) < 4.78 is 5.19. The lowest BCUT2D eigenvalue weighted by atomic mass is 10.1. The second-order valence-corrected chi connectivity index (χ2v) is 4.57. The molecule has 0 radical (unpaired) electrons. The number of nitrogens with two attached hydrogens (primary N) is 1. The van der Waals surface area contributed by atoms with Gasteiger partial charge in [0, 0.05) is 19.7 Å². The van der Waals surface area contributed by atoms with Crippen LogP contribution < -0.4 is 11.3 Å². The van der Waals surface area contributed by atoms with E-state index in [9.17, 15) is 0 Å². The molecule has 20 heavy (non-hydrogen) atoms. The van der Waals surface area contributed by atoms with Crippen molar-refractivity contribution < 1.29 is 4.74 Å². The number of hydrazine groups is 1. The molecule has 5 heteroatoms. The fourth-order valence-electron chi connectivity index (χ4n) is 2.18. The Morgan fingerprint density at radius 2 is 1.95 bits per heavy atom. The molecule has 1 rings (SSSR count). The van der Waals surface area contributed by atoms with E-state index in [1.54, 1.807) is 7.11 Å². The Morgan fingerprint density at radius 3 is 2.45 bits per heavy atom. The van der Waals surface area contributed by atoms with Crippen molar-refractivity contribution in [1.29, 1.82) is 0 Å². The lowest BCUT2D eigenvalue weighted by Crippen LogP contribution is -2.50. The van der Waals surface area contributed by atoms with Gasteiger partial charge in [0.15, 0.2) is 0 Å². The Labute approximate surface area is 121 Å². The van der Waals surface area contributed by atoms with Gasteiger partial charge >= 0.3 is 0 Å². The molecule has 112 valence electrons. The van der Waals surface area contributed by atoms with Gasteiger partial charge in [0.1, 0.15) is 0 Å². The Hall–Kier alpha value is -1.59. The molecule has 0 aliphatic carbocycles. The van der Waals surface area contributed by atoms with Crippen molar-refractivity contribution in [1.82, 2.24) is 10.3 Å². The number of rotatable bonds is 7. The lowest BCUT2D eigenvalue weighted by Gasteiger charge is -2.32. The number of benzene rings is 1. The molecule has 0 unspecified atom stereocenters.